The molecule has 5 heteroatoms. The van der Waals surface area contributed by atoms with E-state index in [1.807, 2.05) is 5.43 Å². The number of carbonyl (C=O) groups excluding carboxylic acids is 1. The van der Waals surface area contributed by atoms with Crippen molar-refractivity contribution in [2.45, 2.75) is 18.9 Å². The normalized spacial score (nSPS) is 14.4. The Kier molecular flexibility index (Phi) is 3.39. The van der Waals surface area contributed by atoms with Gasteiger partial charge in [0.1, 0.15) is 5.82 Å². The molecule has 15 heavy (non-hydrogen) atoms. The Bertz CT molecular complexity index is 349. The van der Waals surface area contributed by atoms with Crippen LogP contribution < -0.4 is 11.3 Å². The third kappa shape index (κ3) is 3.00. The SMILES string of the molecule is CC(O)(CC(=O)NN)c1ccc(F)cc1. The lowest BCUT2D eigenvalue weighted by Crippen LogP contribution is -2.36. The topological polar surface area (TPSA) is 75.3 Å². The van der Waals surface area contributed by atoms with Crippen LogP contribution in [0.25, 0.3) is 0 Å². The van der Waals surface area contributed by atoms with E-state index >= 15 is 0 Å². The quantitative estimate of drug-likeness (QED) is 0.386. The Balaban J connectivity index is 2.85. The second-order valence-corrected chi connectivity index (χ2v) is 3.53. The van der Waals surface area contributed by atoms with Crippen LogP contribution in [0.3, 0.4) is 0 Å². The lowest BCUT2D eigenvalue weighted by atomic mass is 9.92. The minimum Gasteiger partial charge on any atom is -0.385 e. The largest absolute Gasteiger partial charge is 0.385 e. The first kappa shape index (κ1) is 11.6. The highest BCUT2D eigenvalue weighted by Gasteiger charge is 2.26. The van der Waals surface area contributed by atoms with E-state index in [9.17, 15) is 14.3 Å². The predicted molar refractivity (Wildman–Crippen MR) is 52.9 cm³/mol. The Morgan fingerprint density at radius 1 is 1.53 bits per heavy atom. The van der Waals surface area contributed by atoms with Gasteiger partial charge in [0.25, 0.3) is 0 Å². The zero-order chi connectivity index (χ0) is 11.5. The molecule has 0 heterocycles. The van der Waals surface area contributed by atoms with Crippen LogP contribution in [0, 0.1) is 5.82 Å². The Morgan fingerprint density at radius 2 is 2.07 bits per heavy atom. The van der Waals surface area contributed by atoms with Gasteiger partial charge in [-0.3, -0.25) is 10.2 Å². The maximum atomic E-state index is 12.6. The van der Waals surface area contributed by atoms with E-state index in [0.717, 1.165) is 0 Å². The van der Waals surface area contributed by atoms with E-state index in [-0.39, 0.29) is 6.42 Å². The molecule has 1 rings (SSSR count). The molecule has 0 spiro atoms. The smallest absolute Gasteiger partial charge is 0.237 e. The van der Waals surface area contributed by atoms with E-state index in [0.29, 0.717) is 5.56 Å². The molecule has 4 nitrogen and oxygen atoms in total. The third-order valence-electron chi connectivity index (χ3n) is 2.13. The van der Waals surface area contributed by atoms with Gasteiger partial charge in [0.05, 0.1) is 12.0 Å². The van der Waals surface area contributed by atoms with Crippen molar-refractivity contribution >= 4 is 5.91 Å². The van der Waals surface area contributed by atoms with Crippen LogP contribution in [0.5, 0.6) is 0 Å². The van der Waals surface area contributed by atoms with Gasteiger partial charge in [-0.05, 0) is 24.6 Å². The van der Waals surface area contributed by atoms with Crippen molar-refractivity contribution in [2.75, 3.05) is 0 Å². The summed E-state index contributed by atoms with van der Waals surface area (Å²) < 4.78 is 12.6. The van der Waals surface area contributed by atoms with E-state index in [4.69, 9.17) is 5.84 Å². The van der Waals surface area contributed by atoms with E-state index < -0.39 is 17.3 Å². The predicted octanol–water partition coefficient (Wildman–Crippen LogP) is 0.413. The molecule has 1 amide bonds. The van der Waals surface area contributed by atoms with Crippen molar-refractivity contribution in [2.24, 2.45) is 5.84 Å². The molecule has 1 aromatic carbocycles. The molecule has 0 saturated carbocycles. The molecular formula is C10H13FN2O2. The highest BCUT2D eigenvalue weighted by atomic mass is 19.1. The first-order valence-electron chi connectivity index (χ1n) is 4.43. The number of nitrogens with two attached hydrogens (primary N) is 1. The van der Waals surface area contributed by atoms with Gasteiger partial charge < -0.3 is 5.11 Å². The molecule has 0 bridgehead atoms. The summed E-state index contributed by atoms with van der Waals surface area (Å²) in [6.45, 7) is 1.47. The van der Waals surface area contributed by atoms with E-state index in [1.54, 1.807) is 0 Å². The molecule has 1 aromatic rings. The summed E-state index contributed by atoms with van der Waals surface area (Å²) in [6.07, 6.45) is -0.171. The lowest BCUT2D eigenvalue weighted by Gasteiger charge is -2.22. The fraction of sp³-hybridized carbons (Fsp3) is 0.300. The maximum Gasteiger partial charge on any atom is 0.237 e. The second kappa shape index (κ2) is 4.37. The number of hydrogen-bond donors (Lipinski definition) is 3. The second-order valence-electron chi connectivity index (χ2n) is 3.53. The zero-order valence-electron chi connectivity index (χ0n) is 8.33. The molecular weight excluding hydrogens is 199 g/mol. The van der Waals surface area contributed by atoms with Crippen LogP contribution in [0.1, 0.15) is 18.9 Å². The highest BCUT2D eigenvalue weighted by molar-refractivity contribution is 5.76. The van der Waals surface area contributed by atoms with Crippen molar-refractivity contribution in [3.63, 3.8) is 0 Å². The van der Waals surface area contributed by atoms with Gasteiger partial charge in [0.2, 0.25) is 5.91 Å². The van der Waals surface area contributed by atoms with Gasteiger partial charge in [0.15, 0.2) is 0 Å². The molecule has 1 atom stereocenters. The minimum absolute atomic E-state index is 0.171. The Labute approximate surface area is 86.9 Å². The van der Waals surface area contributed by atoms with Crippen LogP contribution in [-0.2, 0) is 10.4 Å². The average Bonchev–Trinajstić information content (AvgIpc) is 2.17. The molecule has 1 unspecified atom stereocenters. The summed E-state index contributed by atoms with van der Waals surface area (Å²) in [6, 6.07) is 5.31. The van der Waals surface area contributed by atoms with Crippen molar-refractivity contribution in [3.8, 4) is 0 Å². The van der Waals surface area contributed by atoms with Crippen molar-refractivity contribution in [1.82, 2.24) is 5.43 Å². The number of halogens is 1. The number of hydrazine groups is 1. The third-order valence-corrected chi connectivity index (χ3v) is 2.13. The summed E-state index contributed by atoms with van der Waals surface area (Å²) in [5, 5.41) is 9.94. The average molecular weight is 212 g/mol. The number of amides is 1. The van der Waals surface area contributed by atoms with Gasteiger partial charge in [-0.1, -0.05) is 12.1 Å². The zero-order valence-corrected chi connectivity index (χ0v) is 8.33. The fourth-order valence-corrected chi connectivity index (χ4v) is 1.27. The van der Waals surface area contributed by atoms with Crippen LogP contribution >= 0.6 is 0 Å². The molecule has 0 aliphatic carbocycles. The molecule has 4 N–H and O–H groups in total. The number of carbonyl (C=O) groups is 1. The van der Waals surface area contributed by atoms with Gasteiger partial charge >= 0.3 is 0 Å². The van der Waals surface area contributed by atoms with Crippen molar-refractivity contribution in [1.29, 1.82) is 0 Å². The Morgan fingerprint density at radius 3 is 2.53 bits per heavy atom. The first-order chi connectivity index (χ1) is 6.95. The fourth-order valence-electron chi connectivity index (χ4n) is 1.27. The van der Waals surface area contributed by atoms with Gasteiger partial charge in [-0.25, -0.2) is 10.2 Å². The number of benzene rings is 1. The maximum absolute atomic E-state index is 12.6. The summed E-state index contributed by atoms with van der Waals surface area (Å²) in [7, 11) is 0. The molecule has 0 saturated heterocycles. The Hall–Kier alpha value is -1.46. The molecule has 0 radical (unpaired) electrons. The van der Waals surface area contributed by atoms with Crippen LogP contribution in [-0.4, -0.2) is 11.0 Å². The van der Waals surface area contributed by atoms with Crippen LogP contribution in [0.4, 0.5) is 4.39 Å². The first-order valence-corrected chi connectivity index (χ1v) is 4.43. The molecule has 0 aromatic heterocycles. The number of rotatable bonds is 3. The molecule has 0 aliphatic rings. The summed E-state index contributed by atoms with van der Waals surface area (Å²) in [4.78, 5) is 11.0. The van der Waals surface area contributed by atoms with Gasteiger partial charge in [-0.15, -0.1) is 0 Å². The summed E-state index contributed by atoms with van der Waals surface area (Å²) in [5.41, 5.74) is 1.04. The van der Waals surface area contributed by atoms with Crippen LogP contribution in [0.2, 0.25) is 0 Å². The number of nitrogens with one attached hydrogen (secondary N) is 1. The van der Waals surface area contributed by atoms with E-state index in [1.165, 1.54) is 31.2 Å². The van der Waals surface area contributed by atoms with Crippen molar-refractivity contribution < 1.29 is 14.3 Å². The number of aliphatic hydroxyl groups is 1. The lowest BCUT2D eigenvalue weighted by molar-refractivity contribution is -0.125. The monoisotopic (exact) mass is 212 g/mol. The summed E-state index contributed by atoms with van der Waals surface area (Å²) >= 11 is 0. The van der Waals surface area contributed by atoms with Gasteiger partial charge in [-0.2, -0.15) is 0 Å². The summed E-state index contributed by atoms with van der Waals surface area (Å²) in [5.74, 6) is 4.04. The standard InChI is InChI=1S/C10H13FN2O2/c1-10(15,6-9(14)13-12)7-2-4-8(11)5-3-7/h2-5,15H,6,12H2,1H3,(H,13,14). The molecule has 82 valence electrons. The van der Waals surface area contributed by atoms with Crippen molar-refractivity contribution in [3.05, 3.63) is 35.6 Å². The number of hydrogen-bond acceptors (Lipinski definition) is 3. The molecule has 0 fully saturated rings. The highest BCUT2D eigenvalue weighted by Crippen LogP contribution is 2.24. The molecule has 0 aliphatic heterocycles. The van der Waals surface area contributed by atoms with Crippen LogP contribution in [0.15, 0.2) is 24.3 Å². The van der Waals surface area contributed by atoms with Gasteiger partial charge in [0, 0.05) is 0 Å². The minimum atomic E-state index is -1.35. The van der Waals surface area contributed by atoms with E-state index in [2.05, 4.69) is 0 Å².